The minimum Gasteiger partial charge on any atom is -0.497 e. The van der Waals surface area contributed by atoms with Crippen LogP contribution in [-0.4, -0.2) is 13.7 Å². The van der Waals surface area contributed by atoms with E-state index in [2.05, 4.69) is 12.2 Å². The Morgan fingerprint density at radius 1 is 1.19 bits per heavy atom. The number of benzene rings is 2. The highest BCUT2D eigenvalue weighted by atomic mass is 32.2. The lowest BCUT2D eigenvalue weighted by atomic mass is 10.2. The van der Waals surface area contributed by atoms with E-state index in [1.807, 2.05) is 36.4 Å². The van der Waals surface area contributed by atoms with Gasteiger partial charge in [-0.25, -0.2) is 4.39 Å². The number of ether oxygens (including phenoxy) is 1. The third-order valence-electron chi connectivity index (χ3n) is 3.02. The molecule has 0 atom stereocenters. The molecule has 2 aromatic rings. The molecule has 112 valence electrons. The van der Waals surface area contributed by atoms with Crippen molar-refractivity contribution >= 4 is 11.8 Å². The molecule has 0 aliphatic rings. The topological polar surface area (TPSA) is 21.3 Å². The second kappa shape index (κ2) is 8.05. The Morgan fingerprint density at radius 3 is 2.76 bits per heavy atom. The minimum absolute atomic E-state index is 0.182. The molecule has 2 nitrogen and oxygen atoms in total. The Kier molecular flexibility index (Phi) is 6.08. The molecule has 21 heavy (non-hydrogen) atoms. The monoisotopic (exact) mass is 305 g/mol. The van der Waals surface area contributed by atoms with Gasteiger partial charge < -0.3 is 10.1 Å². The van der Waals surface area contributed by atoms with Crippen LogP contribution in [0.15, 0.2) is 52.3 Å². The molecule has 0 saturated heterocycles. The van der Waals surface area contributed by atoms with Crippen LogP contribution in [0.2, 0.25) is 0 Å². The van der Waals surface area contributed by atoms with E-state index in [0.717, 1.165) is 29.2 Å². The van der Waals surface area contributed by atoms with Gasteiger partial charge in [0.05, 0.1) is 7.11 Å². The molecular formula is C17H20FNOS. The van der Waals surface area contributed by atoms with Gasteiger partial charge in [-0.1, -0.05) is 30.8 Å². The van der Waals surface area contributed by atoms with Crippen molar-refractivity contribution in [2.75, 3.05) is 13.7 Å². The van der Waals surface area contributed by atoms with Crippen LogP contribution in [0.25, 0.3) is 0 Å². The fourth-order valence-corrected chi connectivity index (χ4v) is 2.81. The van der Waals surface area contributed by atoms with Gasteiger partial charge in [0.2, 0.25) is 0 Å². The van der Waals surface area contributed by atoms with Crippen LogP contribution in [0, 0.1) is 5.82 Å². The maximum atomic E-state index is 14.1. The first-order valence-corrected chi connectivity index (χ1v) is 7.85. The molecule has 2 aromatic carbocycles. The second-order valence-electron chi connectivity index (χ2n) is 4.72. The van der Waals surface area contributed by atoms with Crippen molar-refractivity contribution in [3.63, 3.8) is 0 Å². The average Bonchev–Trinajstić information content (AvgIpc) is 2.50. The lowest BCUT2D eigenvalue weighted by Gasteiger charge is -2.08. The van der Waals surface area contributed by atoms with E-state index in [-0.39, 0.29) is 5.82 Å². The number of halogens is 1. The van der Waals surface area contributed by atoms with Gasteiger partial charge in [-0.3, -0.25) is 0 Å². The van der Waals surface area contributed by atoms with E-state index in [0.29, 0.717) is 11.4 Å². The number of nitrogens with one attached hydrogen (secondary N) is 1. The van der Waals surface area contributed by atoms with Crippen LogP contribution in [-0.2, 0) is 6.54 Å². The van der Waals surface area contributed by atoms with Crippen LogP contribution in [0.5, 0.6) is 5.75 Å². The van der Waals surface area contributed by atoms with E-state index in [9.17, 15) is 4.39 Å². The highest BCUT2D eigenvalue weighted by Crippen LogP contribution is 2.32. The minimum atomic E-state index is -0.182. The standard InChI is InChI=1S/C17H20FNOS/c1-3-9-19-12-13-7-8-17(16(18)10-13)21-15-6-4-5-14(11-15)20-2/h4-8,10-11,19H,3,9,12H2,1-2H3. The lowest BCUT2D eigenvalue weighted by Crippen LogP contribution is -2.13. The molecule has 0 aromatic heterocycles. The van der Waals surface area contributed by atoms with Gasteiger partial charge in [-0.05, 0) is 48.9 Å². The van der Waals surface area contributed by atoms with Crippen molar-refractivity contribution in [3.8, 4) is 5.75 Å². The molecule has 0 radical (unpaired) electrons. The first kappa shape index (κ1) is 15.9. The third kappa shape index (κ3) is 4.76. The zero-order valence-electron chi connectivity index (χ0n) is 12.4. The molecule has 0 aliphatic heterocycles. The van der Waals surface area contributed by atoms with Crippen molar-refractivity contribution in [3.05, 3.63) is 53.8 Å². The number of hydrogen-bond donors (Lipinski definition) is 1. The summed E-state index contributed by atoms with van der Waals surface area (Å²) in [5.74, 6) is 0.597. The fourth-order valence-electron chi connectivity index (χ4n) is 1.94. The maximum absolute atomic E-state index is 14.1. The Labute approximate surface area is 129 Å². The van der Waals surface area contributed by atoms with Crippen LogP contribution >= 0.6 is 11.8 Å². The summed E-state index contributed by atoms with van der Waals surface area (Å²) in [6.45, 7) is 3.76. The summed E-state index contributed by atoms with van der Waals surface area (Å²) in [5.41, 5.74) is 0.968. The smallest absolute Gasteiger partial charge is 0.137 e. The average molecular weight is 305 g/mol. The maximum Gasteiger partial charge on any atom is 0.137 e. The number of hydrogen-bond acceptors (Lipinski definition) is 3. The molecule has 0 spiro atoms. The molecule has 1 N–H and O–H groups in total. The molecule has 0 bridgehead atoms. The van der Waals surface area contributed by atoms with Crippen molar-refractivity contribution in [1.29, 1.82) is 0 Å². The van der Waals surface area contributed by atoms with E-state index < -0.39 is 0 Å². The quantitative estimate of drug-likeness (QED) is 0.762. The zero-order valence-corrected chi connectivity index (χ0v) is 13.2. The normalized spacial score (nSPS) is 10.6. The van der Waals surface area contributed by atoms with Crippen LogP contribution in [0.4, 0.5) is 4.39 Å². The third-order valence-corrected chi connectivity index (χ3v) is 4.06. The Bertz CT molecular complexity index is 589. The zero-order chi connectivity index (χ0) is 15.1. The van der Waals surface area contributed by atoms with Crippen molar-refractivity contribution in [1.82, 2.24) is 5.32 Å². The molecular weight excluding hydrogens is 285 g/mol. The fraction of sp³-hybridized carbons (Fsp3) is 0.294. The Hall–Kier alpha value is -1.52. The van der Waals surface area contributed by atoms with E-state index >= 15 is 0 Å². The van der Waals surface area contributed by atoms with Crippen molar-refractivity contribution in [2.24, 2.45) is 0 Å². The Balaban J connectivity index is 2.06. The summed E-state index contributed by atoms with van der Waals surface area (Å²) in [4.78, 5) is 1.59. The Morgan fingerprint density at radius 2 is 2.05 bits per heavy atom. The molecule has 0 unspecified atom stereocenters. The molecule has 2 rings (SSSR count). The van der Waals surface area contributed by atoms with Gasteiger partial charge in [0.15, 0.2) is 0 Å². The molecule has 0 fully saturated rings. The van der Waals surface area contributed by atoms with Gasteiger partial charge in [0.25, 0.3) is 0 Å². The van der Waals surface area contributed by atoms with Crippen molar-refractivity contribution < 1.29 is 9.13 Å². The lowest BCUT2D eigenvalue weighted by molar-refractivity contribution is 0.413. The van der Waals surface area contributed by atoms with E-state index in [4.69, 9.17) is 4.74 Å². The van der Waals surface area contributed by atoms with Gasteiger partial charge in [-0.15, -0.1) is 0 Å². The molecule has 4 heteroatoms. The molecule has 0 amide bonds. The van der Waals surface area contributed by atoms with Crippen LogP contribution in [0.3, 0.4) is 0 Å². The molecule has 0 heterocycles. The summed E-state index contributed by atoms with van der Waals surface area (Å²) >= 11 is 1.41. The van der Waals surface area contributed by atoms with Gasteiger partial charge in [0, 0.05) is 16.3 Å². The first-order valence-electron chi connectivity index (χ1n) is 7.04. The highest BCUT2D eigenvalue weighted by Gasteiger charge is 2.06. The van der Waals surface area contributed by atoms with E-state index in [1.165, 1.54) is 11.8 Å². The predicted molar refractivity (Wildman–Crippen MR) is 85.5 cm³/mol. The number of methoxy groups -OCH3 is 1. The largest absolute Gasteiger partial charge is 0.497 e. The summed E-state index contributed by atoms with van der Waals surface area (Å²) < 4.78 is 19.3. The summed E-state index contributed by atoms with van der Waals surface area (Å²) in [7, 11) is 1.63. The SMILES string of the molecule is CCCNCc1ccc(Sc2cccc(OC)c2)c(F)c1. The van der Waals surface area contributed by atoms with Gasteiger partial charge in [0.1, 0.15) is 11.6 Å². The van der Waals surface area contributed by atoms with Crippen molar-refractivity contribution in [2.45, 2.75) is 29.7 Å². The van der Waals surface area contributed by atoms with Gasteiger partial charge in [-0.2, -0.15) is 0 Å². The van der Waals surface area contributed by atoms with E-state index in [1.54, 1.807) is 13.2 Å². The number of rotatable bonds is 7. The van der Waals surface area contributed by atoms with Gasteiger partial charge >= 0.3 is 0 Å². The molecule has 0 saturated carbocycles. The second-order valence-corrected chi connectivity index (χ2v) is 5.84. The first-order chi connectivity index (χ1) is 10.2. The highest BCUT2D eigenvalue weighted by molar-refractivity contribution is 7.99. The predicted octanol–water partition coefficient (Wildman–Crippen LogP) is 4.49. The van der Waals surface area contributed by atoms with Crippen LogP contribution in [0.1, 0.15) is 18.9 Å². The summed E-state index contributed by atoms with van der Waals surface area (Å²) in [6, 6.07) is 13.0. The molecule has 0 aliphatic carbocycles. The summed E-state index contributed by atoms with van der Waals surface area (Å²) in [5, 5.41) is 3.27. The van der Waals surface area contributed by atoms with Crippen LogP contribution < -0.4 is 10.1 Å². The summed E-state index contributed by atoms with van der Waals surface area (Å²) in [6.07, 6.45) is 1.08.